The fourth-order valence-corrected chi connectivity index (χ4v) is 2.88. The monoisotopic (exact) mass is 336 g/mol. The lowest BCUT2D eigenvalue weighted by atomic mass is 10.1. The molecule has 2 aromatic rings. The summed E-state index contributed by atoms with van der Waals surface area (Å²) in [5.74, 6) is 1.34. The Hall–Kier alpha value is -3.00. The van der Waals surface area contributed by atoms with Gasteiger partial charge < -0.3 is 14.8 Å². The number of nitrogens with one attached hydrogen (secondary N) is 1. The first-order chi connectivity index (χ1) is 12.1. The van der Waals surface area contributed by atoms with Gasteiger partial charge >= 0.3 is 0 Å². The van der Waals surface area contributed by atoms with Gasteiger partial charge in [0.15, 0.2) is 6.10 Å². The van der Waals surface area contributed by atoms with Crippen LogP contribution in [0.1, 0.15) is 30.4 Å². The Labute approximate surface area is 147 Å². The van der Waals surface area contributed by atoms with Crippen LogP contribution in [0.5, 0.6) is 11.5 Å². The van der Waals surface area contributed by atoms with Gasteiger partial charge in [-0.3, -0.25) is 4.79 Å². The van der Waals surface area contributed by atoms with Gasteiger partial charge in [-0.15, -0.1) is 0 Å². The van der Waals surface area contributed by atoms with E-state index in [2.05, 4.69) is 11.4 Å². The zero-order valence-corrected chi connectivity index (χ0v) is 14.2. The van der Waals surface area contributed by atoms with E-state index in [0.29, 0.717) is 11.3 Å². The third-order valence-electron chi connectivity index (χ3n) is 4.34. The molecule has 25 heavy (non-hydrogen) atoms. The first-order valence-corrected chi connectivity index (χ1v) is 8.23. The van der Waals surface area contributed by atoms with Crippen LogP contribution in [0.2, 0.25) is 0 Å². The van der Waals surface area contributed by atoms with Crippen LogP contribution in [-0.2, 0) is 4.79 Å². The molecule has 3 atom stereocenters. The normalized spacial score (nSPS) is 19.4. The molecule has 0 aliphatic heterocycles. The zero-order valence-electron chi connectivity index (χ0n) is 14.2. The number of carbonyl (C=O) groups is 1. The number of carbonyl (C=O) groups excluding carboxylic acids is 1. The molecule has 1 N–H and O–H groups in total. The summed E-state index contributed by atoms with van der Waals surface area (Å²) in [5, 5.41) is 12.1. The molecular weight excluding hydrogens is 316 g/mol. The van der Waals surface area contributed by atoms with Crippen molar-refractivity contribution in [2.45, 2.75) is 31.4 Å². The number of rotatable bonds is 6. The molecule has 1 fully saturated rings. The van der Waals surface area contributed by atoms with Crippen LogP contribution in [0.15, 0.2) is 48.5 Å². The van der Waals surface area contributed by atoms with Crippen molar-refractivity contribution < 1.29 is 14.3 Å². The molecule has 5 nitrogen and oxygen atoms in total. The van der Waals surface area contributed by atoms with Crippen molar-refractivity contribution >= 4 is 5.91 Å². The van der Waals surface area contributed by atoms with Gasteiger partial charge in [-0.2, -0.15) is 5.26 Å². The summed E-state index contributed by atoms with van der Waals surface area (Å²) in [6, 6.07) is 16.9. The number of hydrogen-bond donors (Lipinski definition) is 1. The highest BCUT2D eigenvalue weighted by atomic mass is 16.5. The summed E-state index contributed by atoms with van der Waals surface area (Å²) in [6.45, 7) is 1.68. The summed E-state index contributed by atoms with van der Waals surface area (Å²) in [6.07, 6.45) is 0.210. The van der Waals surface area contributed by atoms with Crippen LogP contribution in [0.3, 0.4) is 0 Å². The topological polar surface area (TPSA) is 71.3 Å². The zero-order chi connectivity index (χ0) is 17.8. The Morgan fingerprint density at radius 1 is 1.20 bits per heavy atom. The van der Waals surface area contributed by atoms with Crippen LogP contribution < -0.4 is 14.8 Å². The number of ether oxygens (including phenoxy) is 2. The molecule has 1 aliphatic carbocycles. The maximum Gasteiger partial charge on any atom is 0.261 e. The number of benzene rings is 2. The molecule has 0 saturated heterocycles. The van der Waals surface area contributed by atoms with Gasteiger partial charge in [0, 0.05) is 12.0 Å². The molecule has 3 rings (SSSR count). The first-order valence-electron chi connectivity index (χ1n) is 8.23. The second-order valence-corrected chi connectivity index (χ2v) is 6.07. The van der Waals surface area contributed by atoms with Crippen molar-refractivity contribution in [2.75, 3.05) is 7.11 Å². The van der Waals surface area contributed by atoms with E-state index >= 15 is 0 Å². The third-order valence-corrected chi connectivity index (χ3v) is 4.34. The fourth-order valence-electron chi connectivity index (χ4n) is 2.88. The molecule has 0 bridgehead atoms. The fraction of sp³-hybridized carbons (Fsp3) is 0.300. The molecule has 1 aliphatic rings. The van der Waals surface area contributed by atoms with E-state index in [9.17, 15) is 4.79 Å². The molecule has 2 aromatic carbocycles. The van der Waals surface area contributed by atoms with Gasteiger partial charge in [-0.05, 0) is 37.1 Å². The number of para-hydroxylation sites is 2. The van der Waals surface area contributed by atoms with Gasteiger partial charge in [0.1, 0.15) is 17.6 Å². The molecule has 0 radical (unpaired) electrons. The smallest absolute Gasteiger partial charge is 0.261 e. The molecule has 5 heteroatoms. The number of nitrogens with zero attached hydrogens (tertiary/aromatic N) is 1. The lowest BCUT2D eigenvalue weighted by Gasteiger charge is -2.15. The summed E-state index contributed by atoms with van der Waals surface area (Å²) in [5.41, 5.74) is 1.53. The van der Waals surface area contributed by atoms with E-state index in [1.165, 1.54) is 0 Å². The Kier molecular flexibility index (Phi) is 4.90. The third kappa shape index (κ3) is 3.74. The Morgan fingerprint density at radius 2 is 1.88 bits per heavy atom. The Balaban J connectivity index is 1.59. The second kappa shape index (κ2) is 7.27. The molecule has 0 spiro atoms. The molecule has 0 aromatic heterocycles. The standard InChI is InChI=1S/C20H20N2O3/c1-13(25-18-9-5-3-7-14(18)12-21)20(23)22-17-11-16(17)15-8-4-6-10-19(15)24-2/h3-10,13,16-17H,11H2,1-2H3,(H,22,23). The van der Waals surface area contributed by atoms with Crippen molar-refractivity contribution in [2.24, 2.45) is 0 Å². The maximum atomic E-state index is 12.4. The van der Waals surface area contributed by atoms with Gasteiger partial charge in [0.05, 0.1) is 12.7 Å². The van der Waals surface area contributed by atoms with Crippen molar-refractivity contribution in [3.8, 4) is 17.6 Å². The van der Waals surface area contributed by atoms with E-state index in [-0.39, 0.29) is 17.9 Å². The lowest BCUT2D eigenvalue weighted by Crippen LogP contribution is -2.38. The first kappa shape index (κ1) is 16.8. The summed E-state index contributed by atoms with van der Waals surface area (Å²) in [7, 11) is 1.65. The predicted molar refractivity (Wildman–Crippen MR) is 93.5 cm³/mol. The van der Waals surface area contributed by atoms with E-state index in [4.69, 9.17) is 14.7 Å². The van der Waals surface area contributed by atoms with Crippen LogP contribution in [0.25, 0.3) is 0 Å². The summed E-state index contributed by atoms with van der Waals surface area (Å²) >= 11 is 0. The molecule has 1 saturated carbocycles. The molecular formula is C20H20N2O3. The predicted octanol–water partition coefficient (Wildman–Crippen LogP) is 3.01. The minimum Gasteiger partial charge on any atom is -0.496 e. The quantitative estimate of drug-likeness (QED) is 0.880. The number of nitriles is 1. The molecule has 3 unspecified atom stereocenters. The number of methoxy groups -OCH3 is 1. The van der Waals surface area contributed by atoms with Crippen LogP contribution in [-0.4, -0.2) is 25.2 Å². The number of amides is 1. The average Bonchev–Trinajstić information content (AvgIpc) is 3.40. The summed E-state index contributed by atoms with van der Waals surface area (Å²) in [4.78, 5) is 12.4. The van der Waals surface area contributed by atoms with E-state index in [0.717, 1.165) is 17.7 Å². The van der Waals surface area contributed by atoms with E-state index in [1.54, 1.807) is 38.3 Å². The van der Waals surface area contributed by atoms with Crippen molar-refractivity contribution in [3.63, 3.8) is 0 Å². The number of hydrogen-bond acceptors (Lipinski definition) is 4. The largest absolute Gasteiger partial charge is 0.496 e. The Bertz CT molecular complexity index is 813. The average molecular weight is 336 g/mol. The molecule has 0 heterocycles. The lowest BCUT2D eigenvalue weighted by molar-refractivity contribution is -0.127. The molecule has 128 valence electrons. The minimum absolute atomic E-state index is 0.0843. The van der Waals surface area contributed by atoms with Crippen LogP contribution in [0.4, 0.5) is 0 Å². The SMILES string of the molecule is COc1ccccc1C1CC1NC(=O)C(C)Oc1ccccc1C#N. The van der Waals surface area contributed by atoms with Crippen molar-refractivity contribution in [3.05, 3.63) is 59.7 Å². The highest BCUT2D eigenvalue weighted by Gasteiger charge is 2.41. The summed E-state index contributed by atoms with van der Waals surface area (Å²) < 4.78 is 11.0. The van der Waals surface area contributed by atoms with Gasteiger partial charge in [0.25, 0.3) is 5.91 Å². The van der Waals surface area contributed by atoms with E-state index < -0.39 is 6.10 Å². The van der Waals surface area contributed by atoms with Gasteiger partial charge in [0.2, 0.25) is 0 Å². The second-order valence-electron chi connectivity index (χ2n) is 6.07. The van der Waals surface area contributed by atoms with E-state index in [1.807, 2.05) is 24.3 Å². The van der Waals surface area contributed by atoms with Gasteiger partial charge in [-0.25, -0.2) is 0 Å². The molecule has 1 amide bonds. The van der Waals surface area contributed by atoms with Crippen LogP contribution >= 0.6 is 0 Å². The van der Waals surface area contributed by atoms with Crippen molar-refractivity contribution in [1.82, 2.24) is 5.32 Å². The Morgan fingerprint density at radius 3 is 2.60 bits per heavy atom. The van der Waals surface area contributed by atoms with Crippen molar-refractivity contribution in [1.29, 1.82) is 5.26 Å². The van der Waals surface area contributed by atoms with Gasteiger partial charge in [-0.1, -0.05) is 30.3 Å². The van der Waals surface area contributed by atoms with Crippen LogP contribution in [0, 0.1) is 11.3 Å². The highest BCUT2D eigenvalue weighted by Crippen LogP contribution is 2.44. The minimum atomic E-state index is -0.673. The highest BCUT2D eigenvalue weighted by molar-refractivity contribution is 5.81. The maximum absolute atomic E-state index is 12.4.